The van der Waals surface area contributed by atoms with Crippen molar-refractivity contribution >= 4 is 12.4 Å². The number of rotatable bonds is 3. The lowest BCUT2D eigenvalue weighted by molar-refractivity contribution is 0.190. The highest BCUT2D eigenvalue weighted by atomic mass is 35.5. The number of likely N-dealkylation sites (N-methyl/N-ethyl adjacent to an activating group) is 1. The van der Waals surface area contributed by atoms with Crippen molar-refractivity contribution in [3.63, 3.8) is 0 Å². The zero-order chi connectivity index (χ0) is 15.7. The molecule has 1 fully saturated rings. The lowest BCUT2D eigenvalue weighted by Gasteiger charge is -2.30. The first kappa shape index (κ1) is 17.8. The van der Waals surface area contributed by atoms with Crippen LogP contribution in [0.15, 0.2) is 28.8 Å². The summed E-state index contributed by atoms with van der Waals surface area (Å²) in [5.41, 5.74) is 0.284. The standard InChI is InChI=1S/C16H21FN4O.ClH/c1-16(2,11-5-4-6-12(17)9-11)15-19-14(20-22-15)13-10-18-7-8-21(13)3;/h4-6,9,13,18H,7-8,10H2,1-3H3;1H. The summed E-state index contributed by atoms with van der Waals surface area (Å²) in [5, 5.41) is 7.48. The second-order valence-electron chi connectivity index (χ2n) is 6.29. The van der Waals surface area contributed by atoms with Crippen LogP contribution in [-0.4, -0.2) is 41.7 Å². The Balaban J connectivity index is 0.00000192. The molecule has 2 heterocycles. The molecule has 5 nitrogen and oxygen atoms in total. The van der Waals surface area contributed by atoms with Crippen molar-refractivity contribution in [1.82, 2.24) is 20.4 Å². The molecule has 0 bridgehead atoms. The second kappa shape index (κ2) is 6.95. The summed E-state index contributed by atoms with van der Waals surface area (Å²) in [7, 11) is 2.05. The SMILES string of the molecule is CN1CCNCC1c1noc(C(C)(C)c2cccc(F)c2)n1.Cl. The van der Waals surface area contributed by atoms with E-state index in [2.05, 4.69) is 27.4 Å². The molecule has 0 aliphatic carbocycles. The first-order chi connectivity index (χ1) is 10.5. The number of aromatic nitrogens is 2. The number of piperazine rings is 1. The summed E-state index contributed by atoms with van der Waals surface area (Å²) in [6.45, 7) is 6.63. The molecule has 1 unspecified atom stereocenters. The van der Waals surface area contributed by atoms with E-state index in [4.69, 9.17) is 4.52 Å². The van der Waals surface area contributed by atoms with Gasteiger partial charge in [0.25, 0.3) is 0 Å². The minimum absolute atomic E-state index is 0. The molecule has 7 heteroatoms. The third kappa shape index (κ3) is 3.54. The highest BCUT2D eigenvalue weighted by molar-refractivity contribution is 5.85. The predicted molar refractivity (Wildman–Crippen MR) is 88.3 cm³/mol. The molecule has 126 valence electrons. The molecular formula is C16H22ClFN4O. The van der Waals surface area contributed by atoms with E-state index in [1.165, 1.54) is 12.1 Å². The molecule has 23 heavy (non-hydrogen) atoms. The molecule has 1 aliphatic heterocycles. The molecule has 0 radical (unpaired) electrons. The molecule has 2 aromatic rings. The van der Waals surface area contributed by atoms with E-state index < -0.39 is 5.41 Å². The van der Waals surface area contributed by atoms with E-state index >= 15 is 0 Å². The maximum Gasteiger partial charge on any atom is 0.236 e. The Morgan fingerprint density at radius 2 is 2.17 bits per heavy atom. The van der Waals surface area contributed by atoms with Crippen LogP contribution < -0.4 is 5.32 Å². The maximum absolute atomic E-state index is 13.5. The molecule has 1 aliphatic rings. The van der Waals surface area contributed by atoms with Crippen LogP contribution in [0.3, 0.4) is 0 Å². The number of nitrogens with one attached hydrogen (secondary N) is 1. The van der Waals surface area contributed by atoms with Gasteiger partial charge in [0.2, 0.25) is 5.89 Å². The number of nitrogens with zero attached hydrogens (tertiary/aromatic N) is 3. The van der Waals surface area contributed by atoms with E-state index in [1.807, 2.05) is 19.9 Å². The van der Waals surface area contributed by atoms with Gasteiger partial charge in [-0.05, 0) is 38.6 Å². The summed E-state index contributed by atoms with van der Waals surface area (Å²) in [6, 6.07) is 6.62. The monoisotopic (exact) mass is 340 g/mol. The zero-order valence-corrected chi connectivity index (χ0v) is 14.4. The fourth-order valence-electron chi connectivity index (χ4n) is 2.72. The van der Waals surface area contributed by atoms with Gasteiger partial charge in [-0.2, -0.15) is 4.98 Å². The van der Waals surface area contributed by atoms with Gasteiger partial charge in [-0.1, -0.05) is 17.3 Å². The Hall–Kier alpha value is -1.50. The molecular weight excluding hydrogens is 319 g/mol. The highest BCUT2D eigenvalue weighted by Crippen LogP contribution is 2.31. The van der Waals surface area contributed by atoms with Gasteiger partial charge < -0.3 is 9.84 Å². The molecule has 1 saturated heterocycles. The molecule has 0 spiro atoms. The zero-order valence-electron chi connectivity index (χ0n) is 13.5. The number of benzene rings is 1. The Morgan fingerprint density at radius 1 is 1.39 bits per heavy atom. The van der Waals surface area contributed by atoms with Crippen LogP contribution in [0.1, 0.15) is 37.2 Å². The van der Waals surface area contributed by atoms with Crippen LogP contribution in [-0.2, 0) is 5.41 Å². The quantitative estimate of drug-likeness (QED) is 0.930. The maximum atomic E-state index is 13.5. The van der Waals surface area contributed by atoms with Crippen LogP contribution in [0.5, 0.6) is 0 Å². The van der Waals surface area contributed by atoms with Crippen molar-refractivity contribution < 1.29 is 8.91 Å². The average Bonchev–Trinajstić information content (AvgIpc) is 2.98. The van der Waals surface area contributed by atoms with Crippen LogP contribution in [0.25, 0.3) is 0 Å². The highest BCUT2D eigenvalue weighted by Gasteiger charge is 2.32. The van der Waals surface area contributed by atoms with E-state index in [0.29, 0.717) is 11.7 Å². The predicted octanol–water partition coefficient (Wildman–Crippen LogP) is 2.53. The van der Waals surface area contributed by atoms with E-state index in [0.717, 1.165) is 25.2 Å². The number of hydrogen-bond donors (Lipinski definition) is 1. The van der Waals surface area contributed by atoms with E-state index in [9.17, 15) is 4.39 Å². The van der Waals surface area contributed by atoms with Crippen LogP contribution in [0.4, 0.5) is 4.39 Å². The first-order valence-corrected chi connectivity index (χ1v) is 7.49. The number of halogens is 2. The van der Waals surface area contributed by atoms with Gasteiger partial charge in [-0.25, -0.2) is 4.39 Å². The van der Waals surface area contributed by atoms with Crippen molar-refractivity contribution in [3.8, 4) is 0 Å². The van der Waals surface area contributed by atoms with Crippen molar-refractivity contribution in [3.05, 3.63) is 47.4 Å². The van der Waals surface area contributed by atoms with Crippen molar-refractivity contribution in [1.29, 1.82) is 0 Å². The average molecular weight is 341 g/mol. The summed E-state index contributed by atoms with van der Waals surface area (Å²) in [6.07, 6.45) is 0. The van der Waals surface area contributed by atoms with Gasteiger partial charge in [-0.15, -0.1) is 12.4 Å². The van der Waals surface area contributed by atoms with Gasteiger partial charge in [0.1, 0.15) is 5.82 Å². The van der Waals surface area contributed by atoms with Crippen LogP contribution >= 0.6 is 12.4 Å². The Bertz CT molecular complexity index is 661. The molecule has 1 aromatic heterocycles. The molecule has 1 atom stereocenters. The molecule has 3 rings (SSSR count). The summed E-state index contributed by atoms with van der Waals surface area (Å²) in [5.74, 6) is 0.919. The fourth-order valence-corrected chi connectivity index (χ4v) is 2.72. The smallest absolute Gasteiger partial charge is 0.236 e. The topological polar surface area (TPSA) is 54.2 Å². The lowest BCUT2D eigenvalue weighted by atomic mass is 9.84. The third-order valence-electron chi connectivity index (χ3n) is 4.33. The Labute approximate surface area is 141 Å². The van der Waals surface area contributed by atoms with Gasteiger partial charge in [0.05, 0.1) is 11.5 Å². The normalized spacial score (nSPS) is 19.4. The lowest BCUT2D eigenvalue weighted by Crippen LogP contribution is -2.44. The molecule has 1 aromatic carbocycles. The second-order valence-corrected chi connectivity index (χ2v) is 6.29. The van der Waals surface area contributed by atoms with Gasteiger partial charge in [0.15, 0.2) is 5.82 Å². The Morgan fingerprint density at radius 3 is 2.87 bits per heavy atom. The van der Waals surface area contributed by atoms with Crippen LogP contribution in [0, 0.1) is 5.82 Å². The number of hydrogen-bond acceptors (Lipinski definition) is 5. The van der Waals surface area contributed by atoms with Gasteiger partial charge in [0, 0.05) is 19.6 Å². The molecule has 0 saturated carbocycles. The van der Waals surface area contributed by atoms with Crippen molar-refractivity contribution in [2.45, 2.75) is 25.3 Å². The van der Waals surface area contributed by atoms with E-state index in [-0.39, 0.29) is 24.3 Å². The minimum atomic E-state index is -0.534. The first-order valence-electron chi connectivity index (χ1n) is 7.49. The molecule has 1 N–H and O–H groups in total. The summed E-state index contributed by atoms with van der Waals surface area (Å²) in [4.78, 5) is 6.79. The largest absolute Gasteiger partial charge is 0.338 e. The van der Waals surface area contributed by atoms with E-state index in [1.54, 1.807) is 6.07 Å². The minimum Gasteiger partial charge on any atom is -0.338 e. The van der Waals surface area contributed by atoms with Gasteiger partial charge in [-0.3, -0.25) is 4.90 Å². The van der Waals surface area contributed by atoms with Crippen molar-refractivity contribution in [2.75, 3.05) is 26.7 Å². The summed E-state index contributed by atoms with van der Waals surface area (Å²) >= 11 is 0. The summed E-state index contributed by atoms with van der Waals surface area (Å²) < 4.78 is 19.0. The van der Waals surface area contributed by atoms with Crippen LogP contribution in [0.2, 0.25) is 0 Å². The van der Waals surface area contributed by atoms with Gasteiger partial charge >= 0.3 is 0 Å². The molecule has 0 amide bonds. The Kier molecular flexibility index (Phi) is 5.39. The third-order valence-corrected chi connectivity index (χ3v) is 4.33. The van der Waals surface area contributed by atoms with Crippen molar-refractivity contribution in [2.24, 2.45) is 0 Å². The fraction of sp³-hybridized carbons (Fsp3) is 0.500.